The molecule has 0 aliphatic heterocycles. The molecule has 3 rings (SSSR count). The van der Waals surface area contributed by atoms with E-state index in [1.807, 2.05) is 0 Å². The molecule has 0 unspecified atom stereocenters. The van der Waals surface area contributed by atoms with Gasteiger partial charge in [-0.2, -0.15) is 0 Å². The number of rotatable bonds is 6. The highest BCUT2D eigenvalue weighted by Gasteiger charge is 2.38. The Labute approximate surface area is 152 Å². The van der Waals surface area contributed by atoms with Crippen LogP contribution in [-0.2, 0) is 20.0 Å². The van der Waals surface area contributed by atoms with Gasteiger partial charge in [0.25, 0.3) is 10.0 Å². The first-order valence-electron chi connectivity index (χ1n) is 7.96. The number of hydrogen-bond donors (Lipinski definition) is 1. The first-order chi connectivity index (χ1) is 12.1. The minimum Gasteiger partial charge on any atom is -0.284 e. The highest BCUT2D eigenvalue weighted by atomic mass is 32.2. The second-order valence-electron chi connectivity index (χ2n) is 6.36. The Hall–Kier alpha value is -2.13. The summed E-state index contributed by atoms with van der Waals surface area (Å²) in [7, 11) is -7.26. The molecule has 1 N–H and O–H groups in total. The Morgan fingerprint density at radius 2 is 1.65 bits per heavy atom. The molecule has 0 aromatic heterocycles. The van der Waals surface area contributed by atoms with E-state index in [1.54, 1.807) is 12.1 Å². The first-order valence-corrected chi connectivity index (χ1v) is 11.3. The summed E-state index contributed by atoms with van der Waals surface area (Å²) in [5.41, 5.74) is 1.05. The van der Waals surface area contributed by atoms with Crippen LogP contribution in [0.25, 0.3) is 0 Å². The quantitative estimate of drug-likeness (QED) is 0.811. The van der Waals surface area contributed by atoms with Gasteiger partial charge in [0, 0.05) is 11.7 Å². The zero-order valence-corrected chi connectivity index (χ0v) is 15.9. The Bertz CT molecular complexity index is 1030. The zero-order valence-electron chi connectivity index (χ0n) is 14.3. The van der Waals surface area contributed by atoms with Gasteiger partial charge in [-0.15, -0.1) is 0 Å². The molecule has 1 aliphatic rings. The maximum absolute atomic E-state index is 13.5. The molecule has 2 aromatic carbocycles. The van der Waals surface area contributed by atoms with Crippen LogP contribution in [0.4, 0.5) is 15.8 Å². The van der Waals surface area contributed by atoms with E-state index in [0.29, 0.717) is 11.4 Å². The SMILES string of the molecule is Cc1cc(S(=O)(=O)N(c2ccc(NS(C)(=O)=O)cc2)C2CC2)ccc1F. The van der Waals surface area contributed by atoms with E-state index in [2.05, 4.69) is 4.72 Å². The van der Waals surface area contributed by atoms with Crippen molar-refractivity contribution in [3.8, 4) is 0 Å². The van der Waals surface area contributed by atoms with E-state index < -0.39 is 25.9 Å². The monoisotopic (exact) mass is 398 g/mol. The number of hydrogen-bond acceptors (Lipinski definition) is 4. The third-order valence-electron chi connectivity index (χ3n) is 3.99. The number of halogens is 1. The van der Waals surface area contributed by atoms with Crippen molar-refractivity contribution in [2.75, 3.05) is 15.3 Å². The number of nitrogens with zero attached hydrogens (tertiary/aromatic N) is 1. The van der Waals surface area contributed by atoms with E-state index in [-0.39, 0.29) is 16.5 Å². The number of nitrogens with one attached hydrogen (secondary N) is 1. The second-order valence-corrected chi connectivity index (χ2v) is 9.93. The predicted molar refractivity (Wildman–Crippen MR) is 98.7 cm³/mol. The van der Waals surface area contributed by atoms with Crippen LogP contribution in [-0.4, -0.2) is 29.1 Å². The Kier molecular flexibility index (Phi) is 4.70. The van der Waals surface area contributed by atoms with Crippen molar-refractivity contribution >= 4 is 31.4 Å². The van der Waals surface area contributed by atoms with Crippen LogP contribution in [0.3, 0.4) is 0 Å². The van der Waals surface area contributed by atoms with Crippen molar-refractivity contribution in [1.82, 2.24) is 0 Å². The Balaban J connectivity index is 1.97. The van der Waals surface area contributed by atoms with Gasteiger partial charge in [0.2, 0.25) is 10.0 Å². The molecule has 6 nitrogen and oxygen atoms in total. The molecule has 1 saturated carbocycles. The van der Waals surface area contributed by atoms with Crippen molar-refractivity contribution in [2.24, 2.45) is 0 Å². The molecule has 26 heavy (non-hydrogen) atoms. The average Bonchev–Trinajstić information content (AvgIpc) is 3.35. The van der Waals surface area contributed by atoms with E-state index in [0.717, 1.165) is 25.2 Å². The van der Waals surface area contributed by atoms with Crippen LogP contribution in [0.2, 0.25) is 0 Å². The van der Waals surface area contributed by atoms with E-state index in [9.17, 15) is 21.2 Å². The van der Waals surface area contributed by atoms with Crippen molar-refractivity contribution < 1.29 is 21.2 Å². The van der Waals surface area contributed by atoms with Gasteiger partial charge in [0.15, 0.2) is 0 Å². The molecule has 0 amide bonds. The summed E-state index contributed by atoms with van der Waals surface area (Å²) in [4.78, 5) is 0.0293. The van der Waals surface area contributed by atoms with Crippen molar-refractivity contribution in [3.63, 3.8) is 0 Å². The van der Waals surface area contributed by atoms with Crippen LogP contribution in [0.15, 0.2) is 47.4 Å². The average molecular weight is 398 g/mol. The van der Waals surface area contributed by atoms with Crippen molar-refractivity contribution in [2.45, 2.75) is 30.7 Å². The molecule has 0 heterocycles. The molecule has 0 radical (unpaired) electrons. The number of aryl methyl sites for hydroxylation is 1. The lowest BCUT2D eigenvalue weighted by Crippen LogP contribution is -2.33. The molecule has 0 spiro atoms. The second kappa shape index (κ2) is 6.55. The molecule has 1 aliphatic carbocycles. The summed E-state index contributed by atoms with van der Waals surface area (Å²) in [6.07, 6.45) is 2.52. The number of benzene rings is 2. The Morgan fingerprint density at radius 1 is 1.04 bits per heavy atom. The fraction of sp³-hybridized carbons (Fsp3) is 0.294. The van der Waals surface area contributed by atoms with Crippen LogP contribution >= 0.6 is 0 Å². The summed E-state index contributed by atoms with van der Waals surface area (Å²) in [6.45, 7) is 1.52. The van der Waals surface area contributed by atoms with Gasteiger partial charge < -0.3 is 0 Å². The van der Waals surface area contributed by atoms with Gasteiger partial charge in [0.05, 0.1) is 16.8 Å². The number of anilines is 2. The molecule has 0 saturated heterocycles. The fourth-order valence-corrected chi connectivity index (χ4v) is 5.00. The van der Waals surface area contributed by atoms with E-state index in [1.165, 1.54) is 35.5 Å². The molecule has 0 bridgehead atoms. The third-order valence-corrected chi connectivity index (χ3v) is 6.47. The van der Waals surface area contributed by atoms with E-state index >= 15 is 0 Å². The summed E-state index contributed by atoms with van der Waals surface area (Å²) >= 11 is 0. The van der Waals surface area contributed by atoms with Gasteiger partial charge in [0.1, 0.15) is 5.82 Å². The first kappa shape index (κ1) is 18.7. The molecule has 0 atom stereocenters. The summed E-state index contributed by atoms with van der Waals surface area (Å²) in [5.74, 6) is -0.460. The highest BCUT2D eigenvalue weighted by molar-refractivity contribution is 7.93. The standard InChI is InChI=1S/C17H19FN2O4S2/c1-12-11-16(9-10-17(12)18)26(23,24)20(15-7-8-15)14-5-3-13(4-6-14)19-25(2,21)22/h3-6,9-11,15,19H,7-8H2,1-2H3. The minimum absolute atomic E-state index is 0.0293. The molecular weight excluding hydrogens is 379 g/mol. The van der Waals surface area contributed by atoms with Gasteiger partial charge in [-0.25, -0.2) is 21.2 Å². The van der Waals surface area contributed by atoms with Crippen LogP contribution < -0.4 is 9.03 Å². The smallest absolute Gasteiger partial charge is 0.264 e. The van der Waals surface area contributed by atoms with Crippen molar-refractivity contribution in [1.29, 1.82) is 0 Å². The topological polar surface area (TPSA) is 83.6 Å². The lowest BCUT2D eigenvalue weighted by atomic mass is 10.2. The zero-order chi connectivity index (χ0) is 19.1. The predicted octanol–water partition coefficient (Wildman–Crippen LogP) is 2.86. The van der Waals surface area contributed by atoms with Crippen LogP contribution in [0, 0.1) is 12.7 Å². The Morgan fingerprint density at radius 3 is 2.15 bits per heavy atom. The molecule has 1 fully saturated rings. The maximum atomic E-state index is 13.5. The van der Waals surface area contributed by atoms with Gasteiger partial charge in [-0.1, -0.05) is 0 Å². The van der Waals surface area contributed by atoms with Crippen molar-refractivity contribution in [3.05, 3.63) is 53.8 Å². The van der Waals surface area contributed by atoms with Crippen LogP contribution in [0.5, 0.6) is 0 Å². The van der Waals surface area contributed by atoms with Crippen LogP contribution in [0.1, 0.15) is 18.4 Å². The fourth-order valence-electron chi connectivity index (χ4n) is 2.64. The summed E-state index contributed by atoms with van der Waals surface area (Å²) in [5, 5.41) is 0. The minimum atomic E-state index is -3.85. The normalized spacial score (nSPS) is 14.9. The molecular formula is C17H19FN2O4S2. The maximum Gasteiger partial charge on any atom is 0.264 e. The summed E-state index contributed by atoms with van der Waals surface area (Å²) in [6, 6.07) is 9.70. The molecule has 2 aromatic rings. The molecule has 140 valence electrons. The summed E-state index contributed by atoms with van der Waals surface area (Å²) < 4.78 is 65.9. The highest BCUT2D eigenvalue weighted by Crippen LogP contribution is 2.37. The molecule has 9 heteroatoms. The lowest BCUT2D eigenvalue weighted by molar-refractivity contribution is 0.588. The number of sulfonamides is 2. The van der Waals surface area contributed by atoms with E-state index in [4.69, 9.17) is 0 Å². The van der Waals surface area contributed by atoms with Gasteiger partial charge >= 0.3 is 0 Å². The van der Waals surface area contributed by atoms with Gasteiger partial charge in [-0.3, -0.25) is 9.03 Å². The lowest BCUT2D eigenvalue weighted by Gasteiger charge is -2.25. The third kappa shape index (κ3) is 3.99. The van der Waals surface area contributed by atoms with Gasteiger partial charge in [-0.05, 0) is 67.8 Å². The largest absolute Gasteiger partial charge is 0.284 e.